The van der Waals surface area contributed by atoms with Crippen molar-refractivity contribution in [3.63, 3.8) is 0 Å². The van der Waals surface area contributed by atoms with Gasteiger partial charge in [-0.3, -0.25) is 15.0 Å². The van der Waals surface area contributed by atoms with Crippen molar-refractivity contribution in [2.45, 2.75) is 77.8 Å². The average molecular weight is 826 g/mol. The smallest absolute Gasteiger partial charge is 0.144 e. The van der Waals surface area contributed by atoms with E-state index >= 15 is 0 Å². The number of hydrogen-bond donors (Lipinski definition) is 0. The summed E-state index contributed by atoms with van der Waals surface area (Å²) in [4.78, 5) is 13.6. The number of aromatic nitrogens is 3. The van der Waals surface area contributed by atoms with Gasteiger partial charge in [-0.1, -0.05) is 125 Å². The molecule has 62 heavy (non-hydrogen) atoms. The second-order valence-electron chi connectivity index (χ2n) is 15.8. The van der Waals surface area contributed by atoms with Crippen LogP contribution in [-0.2, 0) is 38.2 Å². The van der Waals surface area contributed by atoms with Crippen LogP contribution in [0.2, 0.25) is 0 Å². The Morgan fingerprint density at radius 1 is 0.484 bits per heavy atom. The minimum atomic E-state index is -3.14. The number of aryl methyl sites for hydroxylation is 6. The van der Waals surface area contributed by atoms with Gasteiger partial charge >= 0.3 is 0 Å². The van der Waals surface area contributed by atoms with E-state index in [1.165, 1.54) is 42.7 Å². The Bertz CT molecular complexity index is 3410. The van der Waals surface area contributed by atoms with E-state index in [-0.39, 0.29) is 28.5 Å². The second kappa shape index (κ2) is 18.1. The summed E-state index contributed by atoms with van der Waals surface area (Å²) in [6.45, 7) is 7.34. The van der Waals surface area contributed by atoms with E-state index in [0.29, 0.717) is 55.7 Å². The fourth-order valence-corrected chi connectivity index (χ4v) is 7.51. The highest BCUT2D eigenvalue weighted by molar-refractivity contribution is 6.09. The number of furan rings is 1. The van der Waals surface area contributed by atoms with Crippen LogP contribution in [0.5, 0.6) is 0 Å². The van der Waals surface area contributed by atoms with Gasteiger partial charge in [0.1, 0.15) is 17.0 Å². The molecule has 0 bridgehead atoms. The summed E-state index contributed by atoms with van der Waals surface area (Å²) in [6.07, 6.45) is -14.5. The summed E-state index contributed by atoms with van der Waals surface area (Å²) >= 11 is 0. The van der Waals surface area contributed by atoms with Crippen LogP contribution >= 0.6 is 0 Å². The van der Waals surface area contributed by atoms with Crippen LogP contribution in [0.1, 0.15) is 100 Å². The summed E-state index contributed by atoms with van der Waals surface area (Å²) in [5, 5.41) is 1.18. The van der Waals surface area contributed by atoms with E-state index in [0.717, 1.165) is 35.5 Å². The zero-order chi connectivity index (χ0) is 53.3. The van der Waals surface area contributed by atoms with E-state index in [1.807, 2.05) is 88.4 Å². The third-order valence-corrected chi connectivity index (χ3v) is 10.7. The van der Waals surface area contributed by atoms with Crippen molar-refractivity contribution in [1.82, 2.24) is 15.0 Å². The first-order valence-corrected chi connectivity index (χ1v) is 20.6. The van der Waals surface area contributed by atoms with Crippen molar-refractivity contribution in [3.8, 4) is 33.8 Å². The Hall–Kier alpha value is -6.72. The van der Waals surface area contributed by atoms with Crippen LogP contribution in [0, 0.1) is 5.82 Å². The molecule has 0 aliphatic heterocycles. The number of para-hydroxylation sites is 1. The summed E-state index contributed by atoms with van der Waals surface area (Å²) < 4.78 is 136. The fraction of sp³-hybridized carbons (Fsp3) is 0.211. The van der Waals surface area contributed by atoms with Gasteiger partial charge in [-0.15, -0.1) is 0 Å². The number of hydrogen-bond acceptors (Lipinski definition) is 4. The maximum atomic E-state index is 14.3. The van der Waals surface area contributed by atoms with E-state index < -0.39 is 60.7 Å². The van der Waals surface area contributed by atoms with Gasteiger partial charge in [0.05, 0.1) is 17.1 Å². The Kier molecular flexibility index (Phi) is 8.39. The third-order valence-electron chi connectivity index (χ3n) is 10.7. The van der Waals surface area contributed by atoms with Gasteiger partial charge in [-0.2, -0.15) is 0 Å². The zero-order valence-electron chi connectivity index (χ0n) is 46.8. The van der Waals surface area contributed by atoms with Gasteiger partial charge in [-0.05, 0) is 137 Å². The van der Waals surface area contributed by atoms with Gasteiger partial charge in [0, 0.05) is 62.5 Å². The van der Waals surface area contributed by atoms with E-state index in [2.05, 4.69) is 15.0 Å². The van der Waals surface area contributed by atoms with Crippen molar-refractivity contribution < 1.29 is 25.3 Å². The summed E-state index contributed by atoms with van der Waals surface area (Å²) in [5.74, 6) is -1.11. The lowest BCUT2D eigenvalue weighted by Gasteiger charge is -2.16. The molecule has 0 atom stereocenters. The average Bonchev–Trinajstić information content (AvgIpc) is 3.76. The highest BCUT2D eigenvalue weighted by atomic mass is 19.1. The van der Waals surface area contributed by atoms with Gasteiger partial charge in [-0.25, -0.2) is 4.39 Å². The van der Waals surface area contributed by atoms with Crippen LogP contribution < -0.4 is 0 Å². The summed E-state index contributed by atoms with van der Waals surface area (Å²) in [5.41, 5.74) is 2.99. The van der Waals surface area contributed by atoms with Gasteiger partial charge in [0.2, 0.25) is 0 Å². The molecule has 0 radical (unpaired) electrons. The minimum Gasteiger partial charge on any atom is -0.455 e. The molecule has 0 aliphatic carbocycles. The predicted octanol–water partition coefficient (Wildman–Crippen LogP) is 14.5. The second-order valence-corrected chi connectivity index (χ2v) is 15.8. The van der Waals surface area contributed by atoms with Crippen LogP contribution in [0.4, 0.5) is 4.39 Å². The Labute approximate surface area is 381 Å². The third kappa shape index (κ3) is 8.99. The first kappa shape index (κ1) is 28.7. The van der Waals surface area contributed by atoms with E-state index in [4.69, 9.17) is 4.42 Å². The monoisotopic (exact) mass is 825 g/mol. The molecular weight excluding hydrogens is 762 g/mol. The molecule has 0 aliphatic rings. The number of nitrogens with zero attached hydrogens (tertiary/aromatic N) is 3. The zero-order valence-corrected chi connectivity index (χ0v) is 34.8. The van der Waals surface area contributed by atoms with Crippen molar-refractivity contribution in [1.29, 1.82) is 0 Å². The number of pyridine rings is 3. The van der Waals surface area contributed by atoms with Crippen LogP contribution in [0.3, 0.4) is 0 Å². The molecule has 9 aromatic rings. The Balaban J connectivity index is 1.18. The molecule has 4 aromatic heterocycles. The lowest BCUT2D eigenvalue weighted by Crippen LogP contribution is -2.04. The fourth-order valence-electron chi connectivity index (χ4n) is 7.51. The summed E-state index contributed by atoms with van der Waals surface area (Å²) in [7, 11) is 0. The molecule has 9 rings (SSSR count). The van der Waals surface area contributed by atoms with E-state index in [9.17, 15) is 20.8 Å². The van der Waals surface area contributed by atoms with Crippen molar-refractivity contribution >= 4 is 21.9 Å². The highest BCUT2D eigenvalue weighted by Crippen LogP contribution is 2.36. The molecule has 0 saturated carbocycles. The molecule has 0 fully saturated rings. The number of benzene rings is 5. The van der Waals surface area contributed by atoms with Crippen molar-refractivity contribution in [2.24, 2.45) is 0 Å². The first-order chi connectivity index (χ1) is 34.8. The molecule has 0 saturated heterocycles. The summed E-state index contributed by atoms with van der Waals surface area (Å²) in [6, 6.07) is 37.1. The molecule has 4 nitrogen and oxygen atoms in total. The lowest BCUT2D eigenvalue weighted by atomic mass is 9.90. The molecule has 4 heterocycles. The number of fused-ring (bicyclic) bond motifs is 3. The molecule has 0 N–H and O–H groups in total. The van der Waals surface area contributed by atoms with Crippen LogP contribution in [0.15, 0.2) is 163 Å². The van der Waals surface area contributed by atoms with Gasteiger partial charge in [0.25, 0.3) is 0 Å². The SMILES string of the molecule is [2H]C([2H])(c1ccc(-c2cccc3c2oc2ccc(F)cc23)nc1)C([2H])([2H])c1cc(C([2H])([2H])C([2H])([2H])c2cnc(-c3ccccc3)cc2C(C)C)cc(C([2H])([2H])C([2H])([2H])c2cnc(-c3ccccc3)cc2C(C)C)c1. The van der Waals surface area contributed by atoms with Crippen LogP contribution in [-0.4, -0.2) is 15.0 Å². The maximum absolute atomic E-state index is 14.3. The predicted molar refractivity (Wildman–Crippen MR) is 253 cm³/mol. The van der Waals surface area contributed by atoms with E-state index in [1.54, 1.807) is 30.3 Å². The number of halogens is 1. The van der Waals surface area contributed by atoms with Crippen molar-refractivity contribution in [3.05, 3.63) is 208 Å². The number of rotatable bonds is 14. The highest BCUT2D eigenvalue weighted by Gasteiger charge is 2.16. The molecule has 5 heteroatoms. The largest absolute Gasteiger partial charge is 0.455 e. The Morgan fingerprint density at radius 2 is 1.02 bits per heavy atom. The Morgan fingerprint density at radius 3 is 1.55 bits per heavy atom. The molecular formula is C57H52FN3O. The topological polar surface area (TPSA) is 51.8 Å². The molecule has 0 amide bonds. The standard InChI is InChI=1S/C57H52FN3O/c1-37(2)50-32-54(43-12-7-5-8-13-43)60-35-45(50)23-20-41-28-40(29-42(30-41)21-24-46-36-61-55(33-51(46)38(3)4)44-14-9-6-10-15-44)19-18-39-22-26-53(59-34-39)49-17-11-16-48-52-31-47(58)25-27-56(52)62-57(48)49/h5-17,22,25-38H,18-21,23-24H2,1-4H3/i18D2,19D2,20D2,21D2,23D2,24D2. The van der Waals surface area contributed by atoms with Crippen molar-refractivity contribution in [2.75, 3.05) is 0 Å². The molecule has 308 valence electrons. The molecule has 0 unspecified atom stereocenters. The van der Waals surface area contributed by atoms with Gasteiger partial charge in [0.15, 0.2) is 0 Å². The quantitative estimate of drug-likeness (QED) is 0.110. The molecule has 5 aromatic carbocycles. The lowest BCUT2D eigenvalue weighted by molar-refractivity contribution is 0.626. The van der Waals surface area contributed by atoms with Gasteiger partial charge < -0.3 is 4.42 Å². The first-order valence-electron chi connectivity index (χ1n) is 26.6. The molecule has 0 spiro atoms. The van der Waals surface area contributed by atoms with Crippen LogP contribution in [0.25, 0.3) is 55.7 Å². The minimum absolute atomic E-state index is 0.108. The maximum Gasteiger partial charge on any atom is 0.144 e. The normalized spacial score (nSPS) is 15.9.